The van der Waals surface area contributed by atoms with Crippen LogP contribution in [-0.4, -0.2) is 23.0 Å². The van der Waals surface area contributed by atoms with Gasteiger partial charge in [0.1, 0.15) is 11.5 Å². The van der Waals surface area contributed by atoms with Crippen molar-refractivity contribution in [2.45, 2.75) is 27.2 Å². The van der Waals surface area contributed by atoms with E-state index in [0.29, 0.717) is 23.3 Å². The highest BCUT2D eigenvalue weighted by atomic mass is 16.3. The van der Waals surface area contributed by atoms with Gasteiger partial charge in [-0.05, 0) is 31.9 Å². The smallest absolute Gasteiger partial charge is 0.131 e. The van der Waals surface area contributed by atoms with Crippen LogP contribution < -0.4 is 5.43 Å². The number of nitrogens with one attached hydrogen (secondary N) is 1. The minimum absolute atomic E-state index is 0.122. The van der Waals surface area contributed by atoms with Crippen LogP contribution in [0.5, 0.6) is 11.5 Å². The number of phenolic OH excluding ortho intramolecular Hbond substituents is 2. The van der Waals surface area contributed by atoms with Gasteiger partial charge in [0.05, 0.1) is 5.71 Å². The standard InChI is InChI=1S/C12H18N2O2/c1-5-9-10(15)6-7(2)11(12(9)16)8(3)14-13-4/h6,13,15-16H,5H2,1-4H3/b14-8-. The summed E-state index contributed by atoms with van der Waals surface area (Å²) in [5, 5.41) is 23.8. The van der Waals surface area contributed by atoms with Crippen molar-refractivity contribution in [1.29, 1.82) is 0 Å². The van der Waals surface area contributed by atoms with E-state index in [1.54, 1.807) is 13.1 Å². The molecule has 0 heterocycles. The summed E-state index contributed by atoms with van der Waals surface area (Å²) in [6, 6.07) is 1.66. The van der Waals surface area contributed by atoms with E-state index in [1.165, 1.54) is 0 Å². The zero-order valence-electron chi connectivity index (χ0n) is 10.1. The molecule has 0 bridgehead atoms. The van der Waals surface area contributed by atoms with Gasteiger partial charge in [0, 0.05) is 18.2 Å². The van der Waals surface area contributed by atoms with Crippen molar-refractivity contribution in [3.8, 4) is 11.5 Å². The van der Waals surface area contributed by atoms with Crippen LogP contribution in [0.4, 0.5) is 0 Å². The maximum Gasteiger partial charge on any atom is 0.131 e. The molecule has 1 aromatic carbocycles. The molecule has 88 valence electrons. The molecular weight excluding hydrogens is 204 g/mol. The first-order valence-corrected chi connectivity index (χ1v) is 5.28. The first-order valence-electron chi connectivity index (χ1n) is 5.28. The number of phenols is 2. The molecule has 1 rings (SSSR count). The lowest BCUT2D eigenvalue weighted by Gasteiger charge is -2.13. The average Bonchev–Trinajstić information content (AvgIpc) is 2.17. The second-order valence-corrected chi connectivity index (χ2v) is 3.69. The zero-order chi connectivity index (χ0) is 12.3. The summed E-state index contributed by atoms with van der Waals surface area (Å²) < 4.78 is 0. The van der Waals surface area contributed by atoms with Gasteiger partial charge < -0.3 is 15.6 Å². The van der Waals surface area contributed by atoms with Crippen molar-refractivity contribution < 1.29 is 10.2 Å². The summed E-state index contributed by atoms with van der Waals surface area (Å²) >= 11 is 0. The maximum absolute atomic E-state index is 10.1. The van der Waals surface area contributed by atoms with Crippen LogP contribution in [0, 0.1) is 6.92 Å². The fourth-order valence-electron chi connectivity index (χ4n) is 1.85. The van der Waals surface area contributed by atoms with E-state index in [4.69, 9.17) is 0 Å². The molecule has 0 spiro atoms. The van der Waals surface area contributed by atoms with E-state index < -0.39 is 0 Å². The third-order valence-electron chi connectivity index (χ3n) is 2.57. The predicted molar refractivity (Wildman–Crippen MR) is 65.2 cm³/mol. The van der Waals surface area contributed by atoms with Gasteiger partial charge >= 0.3 is 0 Å². The third kappa shape index (κ3) is 2.10. The first kappa shape index (κ1) is 12.4. The van der Waals surface area contributed by atoms with Gasteiger partial charge in [-0.15, -0.1) is 0 Å². The van der Waals surface area contributed by atoms with Gasteiger partial charge in [-0.1, -0.05) is 6.92 Å². The number of hydrazone groups is 1. The number of hydrogen-bond acceptors (Lipinski definition) is 4. The van der Waals surface area contributed by atoms with Gasteiger partial charge in [0.25, 0.3) is 0 Å². The van der Waals surface area contributed by atoms with Gasteiger partial charge in [-0.3, -0.25) is 0 Å². The van der Waals surface area contributed by atoms with Crippen molar-refractivity contribution in [3.05, 3.63) is 22.8 Å². The van der Waals surface area contributed by atoms with Crippen LogP contribution in [0.1, 0.15) is 30.5 Å². The van der Waals surface area contributed by atoms with Gasteiger partial charge in [-0.25, -0.2) is 0 Å². The number of rotatable bonds is 3. The van der Waals surface area contributed by atoms with E-state index in [-0.39, 0.29) is 11.5 Å². The number of hydrogen-bond donors (Lipinski definition) is 3. The van der Waals surface area contributed by atoms with E-state index in [1.807, 2.05) is 20.8 Å². The van der Waals surface area contributed by atoms with Crippen LogP contribution in [0.15, 0.2) is 11.2 Å². The molecule has 4 nitrogen and oxygen atoms in total. The van der Waals surface area contributed by atoms with Crippen LogP contribution in [-0.2, 0) is 6.42 Å². The highest BCUT2D eigenvalue weighted by molar-refractivity contribution is 6.02. The zero-order valence-corrected chi connectivity index (χ0v) is 10.1. The van der Waals surface area contributed by atoms with Gasteiger partial charge in [0.2, 0.25) is 0 Å². The summed E-state index contributed by atoms with van der Waals surface area (Å²) in [4.78, 5) is 0. The molecule has 1 aromatic rings. The molecule has 0 atom stereocenters. The quantitative estimate of drug-likeness (QED) is 0.540. The van der Waals surface area contributed by atoms with Crippen LogP contribution in [0.3, 0.4) is 0 Å². The molecule has 0 amide bonds. The Bertz CT molecular complexity index is 426. The van der Waals surface area contributed by atoms with E-state index >= 15 is 0 Å². The van der Waals surface area contributed by atoms with Crippen LogP contribution in [0.2, 0.25) is 0 Å². The molecule has 0 saturated carbocycles. The van der Waals surface area contributed by atoms with Crippen molar-refractivity contribution in [3.63, 3.8) is 0 Å². The monoisotopic (exact) mass is 222 g/mol. The first-order chi connectivity index (χ1) is 7.52. The molecule has 16 heavy (non-hydrogen) atoms. The minimum Gasteiger partial charge on any atom is -0.508 e. The summed E-state index contributed by atoms with van der Waals surface area (Å²) in [7, 11) is 1.71. The number of nitrogens with zero attached hydrogens (tertiary/aromatic N) is 1. The lowest BCUT2D eigenvalue weighted by molar-refractivity contribution is 0.438. The highest BCUT2D eigenvalue weighted by Crippen LogP contribution is 2.34. The number of aromatic hydroxyl groups is 2. The average molecular weight is 222 g/mol. The molecule has 0 aliphatic carbocycles. The van der Waals surface area contributed by atoms with Crippen molar-refractivity contribution in [2.24, 2.45) is 5.10 Å². The Labute approximate surface area is 95.6 Å². The van der Waals surface area contributed by atoms with Crippen molar-refractivity contribution in [1.82, 2.24) is 5.43 Å². The minimum atomic E-state index is 0.122. The molecule has 0 saturated heterocycles. The van der Waals surface area contributed by atoms with E-state index in [9.17, 15) is 10.2 Å². The molecule has 0 fully saturated rings. The molecule has 0 aliphatic heterocycles. The Morgan fingerprint density at radius 3 is 2.56 bits per heavy atom. The van der Waals surface area contributed by atoms with Gasteiger partial charge in [-0.2, -0.15) is 5.10 Å². The lowest BCUT2D eigenvalue weighted by Crippen LogP contribution is -2.06. The Balaban J connectivity index is 3.45. The Morgan fingerprint density at radius 2 is 2.06 bits per heavy atom. The molecule has 3 N–H and O–H groups in total. The third-order valence-corrected chi connectivity index (χ3v) is 2.57. The number of aryl methyl sites for hydroxylation is 1. The van der Waals surface area contributed by atoms with Crippen LogP contribution >= 0.6 is 0 Å². The fraction of sp³-hybridized carbons (Fsp3) is 0.417. The van der Waals surface area contributed by atoms with E-state index in [2.05, 4.69) is 10.5 Å². The fourth-order valence-corrected chi connectivity index (χ4v) is 1.85. The number of benzene rings is 1. The van der Waals surface area contributed by atoms with Crippen molar-refractivity contribution in [2.75, 3.05) is 7.05 Å². The summed E-state index contributed by atoms with van der Waals surface area (Å²) in [6.07, 6.45) is 0.581. The second kappa shape index (κ2) is 4.88. The summed E-state index contributed by atoms with van der Waals surface area (Å²) in [5.41, 5.74) is 5.44. The molecule has 0 unspecified atom stereocenters. The summed E-state index contributed by atoms with van der Waals surface area (Å²) in [5.74, 6) is 0.259. The van der Waals surface area contributed by atoms with Crippen LogP contribution in [0.25, 0.3) is 0 Å². The topological polar surface area (TPSA) is 64.9 Å². The predicted octanol–water partition coefficient (Wildman–Crippen LogP) is 1.91. The normalized spacial score (nSPS) is 11.6. The maximum atomic E-state index is 10.1. The highest BCUT2D eigenvalue weighted by Gasteiger charge is 2.15. The largest absolute Gasteiger partial charge is 0.508 e. The SMILES string of the molecule is CCc1c(O)cc(C)c(/C(C)=N\NC)c1O. The summed E-state index contributed by atoms with van der Waals surface area (Å²) in [6.45, 7) is 5.54. The molecular formula is C12H18N2O2. The Kier molecular flexibility index (Phi) is 3.77. The Hall–Kier alpha value is -1.71. The molecule has 0 aromatic heterocycles. The molecule has 0 aliphatic rings. The molecule has 0 radical (unpaired) electrons. The Morgan fingerprint density at radius 1 is 1.44 bits per heavy atom. The van der Waals surface area contributed by atoms with Crippen molar-refractivity contribution >= 4 is 5.71 Å². The second-order valence-electron chi connectivity index (χ2n) is 3.69. The molecule has 4 heteroatoms. The van der Waals surface area contributed by atoms with E-state index in [0.717, 1.165) is 5.56 Å². The van der Waals surface area contributed by atoms with Gasteiger partial charge in [0.15, 0.2) is 0 Å². The lowest BCUT2D eigenvalue weighted by atomic mass is 9.97.